The normalized spacial score (nSPS) is 17.5. The highest BCUT2D eigenvalue weighted by Crippen LogP contribution is 2.34. The van der Waals surface area contributed by atoms with Crippen LogP contribution >= 0.6 is 0 Å². The zero-order valence-electron chi connectivity index (χ0n) is 14.4. The van der Waals surface area contributed by atoms with Gasteiger partial charge in [0.05, 0.1) is 11.0 Å². The Balaban J connectivity index is 1.77. The summed E-state index contributed by atoms with van der Waals surface area (Å²) in [5, 5.41) is 11.3. The van der Waals surface area contributed by atoms with E-state index in [9.17, 15) is 10.1 Å². The minimum atomic E-state index is -0.329. The van der Waals surface area contributed by atoms with Crippen LogP contribution in [0.4, 0.5) is 5.69 Å². The first kappa shape index (κ1) is 16.5. The third kappa shape index (κ3) is 3.23. The SMILES string of the molecule is O=[N+]([O-])c1cccc([C@H]2c3cccn3CCCN2Cc2cccnc2)c1. The molecule has 1 atom stereocenters. The number of non-ortho nitro benzene ring substituents is 1. The van der Waals surface area contributed by atoms with E-state index in [1.165, 1.54) is 5.69 Å². The summed E-state index contributed by atoms with van der Waals surface area (Å²) in [6.45, 7) is 2.63. The monoisotopic (exact) mass is 348 g/mol. The van der Waals surface area contributed by atoms with Crippen LogP contribution in [0.25, 0.3) is 0 Å². The Hall–Kier alpha value is -2.99. The first-order chi connectivity index (χ1) is 12.7. The van der Waals surface area contributed by atoms with E-state index >= 15 is 0 Å². The largest absolute Gasteiger partial charge is 0.350 e. The molecule has 4 rings (SSSR count). The molecule has 0 fully saturated rings. The van der Waals surface area contributed by atoms with Gasteiger partial charge in [0.15, 0.2) is 0 Å². The van der Waals surface area contributed by atoms with Gasteiger partial charge in [-0.05, 0) is 35.7 Å². The highest BCUT2D eigenvalue weighted by atomic mass is 16.6. The Kier molecular flexibility index (Phi) is 4.50. The standard InChI is InChI=1S/C20H20N4O2/c25-24(26)18-7-1-6-17(13-18)20-19-8-3-10-22(19)11-4-12-23(20)15-16-5-2-9-21-14-16/h1-3,5-10,13-14,20H,4,11-12,15H2/t20-/m0/s1. The Morgan fingerprint density at radius 3 is 2.88 bits per heavy atom. The number of hydrogen-bond acceptors (Lipinski definition) is 4. The number of aryl methyl sites for hydroxylation is 1. The predicted octanol–water partition coefficient (Wildman–Crippen LogP) is 3.79. The van der Waals surface area contributed by atoms with E-state index in [2.05, 4.69) is 32.8 Å². The molecule has 0 aliphatic carbocycles. The maximum absolute atomic E-state index is 11.3. The predicted molar refractivity (Wildman–Crippen MR) is 98.6 cm³/mol. The molecule has 0 radical (unpaired) electrons. The summed E-state index contributed by atoms with van der Waals surface area (Å²) in [5.41, 5.74) is 3.39. The van der Waals surface area contributed by atoms with Gasteiger partial charge >= 0.3 is 0 Å². The van der Waals surface area contributed by atoms with Gasteiger partial charge in [-0.15, -0.1) is 0 Å². The second kappa shape index (κ2) is 7.09. The molecule has 0 amide bonds. The molecule has 132 valence electrons. The van der Waals surface area contributed by atoms with Crippen LogP contribution in [0, 0.1) is 10.1 Å². The van der Waals surface area contributed by atoms with Crippen molar-refractivity contribution in [1.82, 2.24) is 14.5 Å². The molecule has 1 aromatic carbocycles. The molecule has 1 aliphatic rings. The maximum atomic E-state index is 11.3. The van der Waals surface area contributed by atoms with Crippen LogP contribution in [0.5, 0.6) is 0 Å². The number of benzene rings is 1. The Morgan fingerprint density at radius 2 is 2.08 bits per heavy atom. The van der Waals surface area contributed by atoms with Gasteiger partial charge in [-0.2, -0.15) is 0 Å². The summed E-state index contributed by atoms with van der Waals surface area (Å²) in [7, 11) is 0. The van der Waals surface area contributed by atoms with Gasteiger partial charge in [0, 0.05) is 56.1 Å². The van der Waals surface area contributed by atoms with Crippen molar-refractivity contribution in [3.8, 4) is 0 Å². The highest BCUT2D eigenvalue weighted by molar-refractivity contribution is 5.39. The summed E-state index contributed by atoms with van der Waals surface area (Å²) in [5.74, 6) is 0. The maximum Gasteiger partial charge on any atom is 0.269 e. The molecule has 6 nitrogen and oxygen atoms in total. The van der Waals surface area contributed by atoms with Crippen LogP contribution in [0.15, 0.2) is 67.1 Å². The molecular formula is C20H20N4O2. The lowest BCUT2D eigenvalue weighted by Gasteiger charge is -2.30. The number of pyridine rings is 1. The molecular weight excluding hydrogens is 328 g/mol. The van der Waals surface area contributed by atoms with Crippen molar-refractivity contribution in [2.45, 2.75) is 25.6 Å². The lowest BCUT2D eigenvalue weighted by molar-refractivity contribution is -0.384. The number of nitro benzene ring substituents is 1. The summed E-state index contributed by atoms with van der Waals surface area (Å²) >= 11 is 0. The molecule has 0 spiro atoms. The van der Waals surface area contributed by atoms with Crippen molar-refractivity contribution in [1.29, 1.82) is 0 Å². The Bertz CT molecular complexity index is 907. The molecule has 0 saturated heterocycles. The van der Waals surface area contributed by atoms with Gasteiger partial charge in [0.2, 0.25) is 0 Å². The molecule has 3 aromatic rings. The Morgan fingerprint density at radius 1 is 1.15 bits per heavy atom. The second-order valence-corrected chi connectivity index (χ2v) is 6.57. The van der Waals surface area contributed by atoms with Gasteiger partial charge in [-0.1, -0.05) is 18.2 Å². The number of rotatable bonds is 4. The molecule has 0 unspecified atom stereocenters. The zero-order valence-corrected chi connectivity index (χ0v) is 14.4. The minimum Gasteiger partial charge on any atom is -0.350 e. The van der Waals surface area contributed by atoms with Crippen LogP contribution in [-0.4, -0.2) is 25.9 Å². The van der Waals surface area contributed by atoms with Crippen LogP contribution < -0.4 is 0 Å². The molecule has 26 heavy (non-hydrogen) atoms. The third-order valence-electron chi connectivity index (χ3n) is 4.86. The van der Waals surface area contributed by atoms with Crippen molar-refractivity contribution in [2.24, 2.45) is 0 Å². The van der Waals surface area contributed by atoms with E-state index in [4.69, 9.17) is 0 Å². The van der Waals surface area contributed by atoms with Crippen molar-refractivity contribution in [3.63, 3.8) is 0 Å². The molecule has 0 N–H and O–H groups in total. The first-order valence-electron chi connectivity index (χ1n) is 8.75. The summed E-state index contributed by atoms with van der Waals surface area (Å²) < 4.78 is 2.26. The average Bonchev–Trinajstić information content (AvgIpc) is 3.04. The summed E-state index contributed by atoms with van der Waals surface area (Å²) in [6, 6.07) is 15.2. The van der Waals surface area contributed by atoms with Gasteiger partial charge in [0.25, 0.3) is 5.69 Å². The number of nitro groups is 1. The summed E-state index contributed by atoms with van der Waals surface area (Å²) in [4.78, 5) is 17.5. The fourth-order valence-corrected chi connectivity index (χ4v) is 3.73. The number of fused-ring (bicyclic) bond motifs is 1. The van der Waals surface area contributed by atoms with Crippen LogP contribution in [0.3, 0.4) is 0 Å². The highest BCUT2D eigenvalue weighted by Gasteiger charge is 2.28. The Labute approximate surface area is 151 Å². The molecule has 1 aliphatic heterocycles. The minimum absolute atomic E-state index is 0.0207. The van der Waals surface area contributed by atoms with E-state index in [0.717, 1.165) is 37.2 Å². The van der Waals surface area contributed by atoms with Crippen LogP contribution in [0.1, 0.15) is 29.3 Å². The van der Waals surface area contributed by atoms with Crippen molar-refractivity contribution in [2.75, 3.05) is 6.54 Å². The van der Waals surface area contributed by atoms with Gasteiger partial charge < -0.3 is 4.57 Å². The molecule has 0 bridgehead atoms. The lowest BCUT2D eigenvalue weighted by atomic mass is 10.0. The lowest BCUT2D eigenvalue weighted by Crippen LogP contribution is -2.29. The van der Waals surface area contributed by atoms with Crippen molar-refractivity contribution in [3.05, 3.63) is 94.1 Å². The zero-order chi connectivity index (χ0) is 17.9. The molecule has 2 aromatic heterocycles. The van der Waals surface area contributed by atoms with Gasteiger partial charge in [-0.25, -0.2) is 0 Å². The average molecular weight is 348 g/mol. The van der Waals surface area contributed by atoms with Crippen molar-refractivity contribution < 1.29 is 4.92 Å². The third-order valence-corrected chi connectivity index (χ3v) is 4.86. The molecule has 0 saturated carbocycles. The molecule has 6 heteroatoms. The van der Waals surface area contributed by atoms with E-state index in [1.54, 1.807) is 24.4 Å². The first-order valence-corrected chi connectivity index (χ1v) is 8.75. The molecule has 3 heterocycles. The van der Waals surface area contributed by atoms with Gasteiger partial charge in [-0.3, -0.25) is 20.0 Å². The summed E-state index contributed by atoms with van der Waals surface area (Å²) in [6.07, 6.45) is 6.78. The quantitative estimate of drug-likeness (QED) is 0.531. The van der Waals surface area contributed by atoms with Crippen molar-refractivity contribution >= 4 is 5.69 Å². The van der Waals surface area contributed by atoms with E-state index in [1.807, 2.05) is 24.4 Å². The van der Waals surface area contributed by atoms with Crippen LogP contribution in [-0.2, 0) is 13.1 Å². The van der Waals surface area contributed by atoms with Gasteiger partial charge in [0.1, 0.15) is 0 Å². The number of hydrogen-bond donors (Lipinski definition) is 0. The topological polar surface area (TPSA) is 64.2 Å². The van der Waals surface area contributed by atoms with E-state index in [0.29, 0.717) is 0 Å². The van der Waals surface area contributed by atoms with E-state index in [-0.39, 0.29) is 16.7 Å². The fraction of sp³-hybridized carbons (Fsp3) is 0.250. The van der Waals surface area contributed by atoms with Crippen LogP contribution in [0.2, 0.25) is 0 Å². The smallest absolute Gasteiger partial charge is 0.269 e. The van der Waals surface area contributed by atoms with E-state index < -0.39 is 0 Å². The number of nitrogens with zero attached hydrogens (tertiary/aromatic N) is 4. The second-order valence-electron chi connectivity index (χ2n) is 6.57. The number of aromatic nitrogens is 2. The fourth-order valence-electron chi connectivity index (χ4n) is 3.73.